The topological polar surface area (TPSA) is 113 Å². The van der Waals surface area contributed by atoms with Gasteiger partial charge in [0.1, 0.15) is 16.1 Å². The second-order valence-electron chi connectivity index (χ2n) is 9.50. The summed E-state index contributed by atoms with van der Waals surface area (Å²) in [6.45, 7) is 0.114. The van der Waals surface area contributed by atoms with Crippen LogP contribution in [0.5, 0.6) is 0 Å². The minimum absolute atomic E-state index is 0.128. The molecule has 208 valence electrons. The molecule has 7 nitrogen and oxygen atoms in total. The van der Waals surface area contributed by atoms with E-state index in [2.05, 4.69) is 11.1 Å². The van der Waals surface area contributed by atoms with Crippen molar-refractivity contribution in [2.45, 2.75) is 16.7 Å². The highest BCUT2D eigenvalue weighted by Crippen LogP contribution is 2.30. The van der Waals surface area contributed by atoms with Crippen molar-refractivity contribution in [1.29, 1.82) is 5.26 Å². The summed E-state index contributed by atoms with van der Waals surface area (Å²) in [5.74, 6) is -0.375. The molecule has 0 aliphatic rings. The summed E-state index contributed by atoms with van der Waals surface area (Å²) in [4.78, 5) is 36.2. The zero-order valence-corrected chi connectivity index (χ0v) is 24.2. The summed E-state index contributed by atoms with van der Waals surface area (Å²) < 4.78 is 0. The number of thioether (sulfide) groups is 1. The lowest BCUT2D eigenvalue weighted by molar-refractivity contribution is -0.118. The fraction of sp³-hybridized carbons (Fsp3) is 0.121. The first-order chi connectivity index (χ1) is 20.5. The molecule has 2 heterocycles. The number of carbonyl (C=O) groups is 2. The van der Waals surface area contributed by atoms with Crippen molar-refractivity contribution in [2.24, 2.45) is 5.73 Å². The Bertz CT molecular complexity index is 1660. The largest absolute Gasteiger partial charge is 0.368 e. The van der Waals surface area contributed by atoms with E-state index in [0.717, 1.165) is 27.4 Å². The van der Waals surface area contributed by atoms with Gasteiger partial charge < -0.3 is 10.6 Å². The lowest BCUT2D eigenvalue weighted by atomic mass is 9.90. The van der Waals surface area contributed by atoms with E-state index >= 15 is 0 Å². The van der Waals surface area contributed by atoms with Crippen molar-refractivity contribution in [3.8, 4) is 16.6 Å². The van der Waals surface area contributed by atoms with Crippen molar-refractivity contribution < 1.29 is 9.59 Å². The van der Waals surface area contributed by atoms with E-state index in [1.54, 1.807) is 30.5 Å². The Morgan fingerprint density at radius 2 is 1.60 bits per heavy atom. The number of hydrogen-bond acceptors (Lipinski definition) is 7. The minimum Gasteiger partial charge on any atom is -0.368 e. The van der Waals surface area contributed by atoms with Gasteiger partial charge in [0.05, 0.1) is 17.8 Å². The maximum Gasteiger partial charge on any atom is 0.254 e. The number of primary amides is 1. The van der Waals surface area contributed by atoms with E-state index in [-0.39, 0.29) is 18.4 Å². The number of nitrogens with two attached hydrogens (primary N) is 1. The Morgan fingerprint density at radius 1 is 0.929 bits per heavy atom. The molecule has 0 bridgehead atoms. The number of rotatable bonds is 11. The Kier molecular flexibility index (Phi) is 9.39. The van der Waals surface area contributed by atoms with Gasteiger partial charge in [0, 0.05) is 40.9 Å². The third kappa shape index (κ3) is 7.10. The van der Waals surface area contributed by atoms with Gasteiger partial charge in [0.25, 0.3) is 5.91 Å². The van der Waals surface area contributed by atoms with Crippen LogP contribution in [-0.4, -0.2) is 39.8 Å². The van der Waals surface area contributed by atoms with Gasteiger partial charge in [-0.15, -0.1) is 11.3 Å². The van der Waals surface area contributed by atoms with Crippen molar-refractivity contribution >= 4 is 34.9 Å². The van der Waals surface area contributed by atoms with Gasteiger partial charge in [-0.1, -0.05) is 84.6 Å². The van der Waals surface area contributed by atoms with E-state index in [1.165, 1.54) is 28.0 Å². The van der Waals surface area contributed by atoms with Crippen molar-refractivity contribution in [1.82, 2.24) is 14.9 Å². The molecule has 0 unspecified atom stereocenters. The van der Waals surface area contributed by atoms with E-state index < -0.39 is 5.91 Å². The molecule has 0 fully saturated rings. The fourth-order valence-corrected chi connectivity index (χ4v) is 6.35. The monoisotopic (exact) mass is 589 g/mol. The van der Waals surface area contributed by atoms with Gasteiger partial charge in [-0.2, -0.15) is 5.26 Å². The smallest absolute Gasteiger partial charge is 0.254 e. The van der Waals surface area contributed by atoms with Crippen molar-refractivity contribution in [3.05, 3.63) is 137 Å². The highest BCUT2D eigenvalue weighted by molar-refractivity contribution is 7.98. The Labute approximate surface area is 252 Å². The summed E-state index contributed by atoms with van der Waals surface area (Å²) >= 11 is 2.99. The zero-order valence-electron chi connectivity index (χ0n) is 22.6. The Balaban J connectivity index is 1.32. The number of pyridine rings is 1. The van der Waals surface area contributed by atoms with E-state index in [0.29, 0.717) is 28.5 Å². The molecular formula is C33H27N5O2S2. The van der Waals surface area contributed by atoms with Crippen LogP contribution >= 0.6 is 23.1 Å². The predicted octanol–water partition coefficient (Wildman–Crippen LogP) is 6.13. The van der Waals surface area contributed by atoms with E-state index in [9.17, 15) is 14.9 Å². The van der Waals surface area contributed by atoms with Crippen LogP contribution in [0.2, 0.25) is 0 Å². The normalized spacial score (nSPS) is 10.8. The molecule has 0 aliphatic carbocycles. The maximum atomic E-state index is 13.7. The zero-order chi connectivity index (χ0) is 29.3. The van der Waals surface area contributed by atoms with Crippen LogP contribution in [0.15, 0.2) is 114 Å². The molecular weight excluding hydrogens is 563 g/mol. The maximum absolute atomic E-state index is 13.7. The van der Waals surface area contributed by atoms with Crippen LogP contribution in [0.4, 0.5) is 0 Å². The number of hydrogen-bond donors (Lipinski definition) is 1. The molecule has 2 aromatic heterocycles. The lowest BCUT2D eigenvalue weighted by Gasteiger charge is -2.28. The molecule has 2 N–H and O–H groups in total. The SMILES string of the molecule is N#Cc1cccnc1SCc1csc(-c2ccc(C(=O)N(CC(N)=O)CC(c3ccccc3)c3ccccc3)cc2)n1. The molecule has 42 heavy (non-hydrogen) atoms. The highest BCUT2D eigenvalue weighted by atomic mass is 32.2. The van der Waals surface area contributed by atoms with Crippen LogP contribution in [0.25, 0.3) is 10.6 Å². The molecule has 5 rings (SSSR count). The summed E-state index contributed by atoms with van der Waals surface area (Å²) in [7, 11) is 0. The molecule has 5 aromatic rings. The highest BCUT2D eigenvalue weighted by Gasteiger charge is 2.24. The number of nitrogens with zero attached hydrogens (tertiary/aromatic N) is 4. The molecule has 0 saturated carbocycles. The number of benzene rings is 3. The molecule has 2 amide bonds. The fourth-order valence-electron chi connectivity index (χ4n) is 4.58. The molecule has 0 spiro atoms. The Morgan fingerprint density at radius 3 is 2.21 bits per heavy atom. The summed E-state index contributed by atoms with van der Waals surface area (Å²) in [6.07, 6.45) is 1.67. The van der Waals surface area contributed by atoms with E-state index in [1.807, 2.05) is 78.2 Å². The molecule has 0 aliphatic heterocycles. The van der Waals surface area contributed by atoms with Crippen molar-refractivity contribution in [2.75, 3.05) is 13.1 Å². The van der Waals surface area contributed by atoms with Gasteiger partial charge in [-0.25, -0.2) is 9.97 Å². The van der Waals surface area contributed by atoms with Crippen LogP contribution in [0.3, 0.4) is 0 Å². The molecule has 0 saturated heterocycles. The quantitative estimate of drug-likeness (QED) is 0.186. The number of carbonyl (C=O) groups excluding carboxylic acids is 2. The Hall–Kier alpha value is -4.78. The number of nitriles is 1. The van der Waals surface area contributed by atoms with E-state index in [4.69, 9.17) is 10.7 Å². The first-order valence-corrected chi connectivity index (χ1v) is 15.1. The summed E-state index contributed by atoms with van der Waals surface area (Å²) in [5, 5.41) is 12.8. The van der Waals surface area contributed by atoms with Gasteiger partial charge in [0.15, 0.2) is 0 Å². The van der Waals surface area contributed by atoms with Gasteiger partial charge >= 0.3 is 0 Å². The first kappa shape index (κ1) is 28.7. The van der Waals surface area contributed by atoms with Gasteiger partial charge in [-0.3, -0.25) is 9.59 Å². The summed E-state index contributed by atoms with van der Waals surface area (Å²) in [5.41, 5.74) is 10.5. The van der Waals surface area contributed by atoms with Crippen molar-refractivity contribution in [3.63, 3.8) is 0 Å². The molecule has 0 atom stereocenters. The number of amides is 2. The molecule has 9 heteroatoms. The molecule has 3 aromatic carbocycles. The third-order valence-electron chi connectivity index (χ3n) is 6.62. The number of thiazole rings is 1. The summed E-state index contributed by atoms with van der Waals surface area (Å²) in [6, 6.07) is 32.8. The second kappa shape index (κ2) is 13.7. The van der Waals surface area contributed by atoms with Crippen LogP contribution in [0.1, 0.15) is 38.7 Å². The van der Waals surface area contributed by atoms with Gasteiger partial charge in [0.2, 0.25) is 5.91 Å². The van der Waals surface area contributed by atoms with Crippen LogP contribution < -0.4 is 5.73 Å². The van der Waals surface area contributed by atoms with Gasteiger partial charge in [-0.05, 0) is 35.4 Å². The van der Waals surface area contributed by atoms with Crippen LogP contribution in [0, 0.1) is 11.3 Å². The minimum atomic E-state index is -0.569. The molecule has 0 radical (unpaired) electrons. The third-order valence-corrected chi connectivity index (χ3v) is 8.60. The number of aromatic nitrogens is 2. The average Bonchev–Trinajstić information content (AvgIpc) is 3.51. The average molecular weight is 590 g/mol. The first-order valence-electron chi connectivity index (χ1n) is 13.2. The predicted molar refractivity (Wildman–Crippen MR) is 166 cm³/mol. The standard InChI is InChI=1S/C33H27N5O2S2/c34-18-27-12-7-17-36-31(27)41-21-28-22-42-32(37-28)25-13-15-26(16-14-25)33(40)38(20-30(35)39)19-29(23-8-3-1-4-9-23)24-10-5-2-6-11-24/h1-17,22,29H,19-21H2,(H2,35,39). The van der Waals surface area contributed by atoms with Crippen LogP contribution in [-0.2, 0) is 10.5 Å². The lowest BCUT2D eigenvalue weighted by Crippen LogP contribution is -2.41. The second-order valence-corrected chi connectivity index (χ2v) is 11.3.